The summed E-state index contributed by atoms with van der Waals surface area (Å²) in [7, 11) is 0. The average molecular weight is 389 g/mol. The summed E-state index contributed by atoms with van der Waals surface area (Å²) in [6.45, 7) is 11.8. The molecule has 0 radical (unpaired) electrons. The molecule has 0 saturated heterocycles. The molecule has 0 rings (SSSR count). The van der Waals surface area contributed by atoms with Crippen LogP contribution in [0.2, 0.25) is 0 Å². The van der Waals surface area contributed by atoms with E-state index in [1.807, 2.05) is 41.5 Å². The summed E-state index contributed by atoms with van der Waals surface area (Å²) in [5.41, 5.74) is 2.94. The van der Waals surface area contributed by atoms with Crippen molar-refractivity contribution in [3.63, 3.8) is 0 Å². The van der Waals surface area contributed by atoms with Gasteiger partial charge in [-0.05, 0) is 50.7 Å². The molecular formula is C25H32N4. The van der Waals surface area contributed by atoms with Crippen LogP contribution in [-0.4, -0.2) is 0 Å². The SMILES string of the molecule is CCC(CC)=C(C#N)C=C(C#N)C(CC)(CC)C(C#N)=CC(C#N)=C(CC)CC. The van der Waals surface area contributed by atoms with Gasteiger partial charge in [0.2, 0.25) is 0 Å². The highest BCUT2D eigenvalue weighted by molar-refractivity contribution is 5.54. The average Bonchev–Trinajstić information content (AvgIpc) is 2.76. The predicted octanol–water partition coefficient (Wildman–Crippen LogP) is 6.97. The molecule has 0 amide bonds. The van der Waals surface area contributed by atoms with Crippen molar-refractivity contribution in [1.82, 2.24) is 0 Å². The molecule has 0 unspecified atom stereocenters. The zero-order valence-electron chi connectivity index (χ0n) is 18.7. The van der Waals surface area contributed by atoms with Crippen molar-refractivity contribution in [3.05, 3.63) is 45.6 Å². The van der Waals surface area contributed by atoms with Gasteiger partial charge in [-0.25, -0.2) is 0 Å². The molecular weight excluding hydrogens is 356 g/mol. The standard InChI is InChI=1S/C25H32N4/c1-7-19(8-2)21(15-26)13-23(17-28)25(11-5,12-6)24(18-29)14-22(16-27)20(9-3)10-4/h13-14H,7-12H2,1-6H3. The second-order valence-electron chi connectivity index (χ2n) is 6.80. The maximum atomic E-state index is 9.97. The van der Waals surface area contributed by atoms with Crippen LogP contribution < -0.4 is 0 Å². The van der Waals surface area contributed by atoms with E-state index in [2.05, 4.69) is 24.3 Å². The van der Waals surface area contributed by atoms with Crippen LogP contribution in [0.4, 0.5) is 0 Å². The Labute approximate surface area is 176 Å². The summed E-state index contributed by atoms with van der Waals surface area (Å²) in [5.74, 6) is 0. The van der Waals surface area contributed by atoms with E-state index in [9.17, 15) is 21.0 Å². The van der Waals surface area contributed by atoms with Crippen LogP contribution in [0.5, 0.6) is 0 Å². The molecule has 0 aromatic rings. The highest BCUT2D eigenvalue weighted by Gasteiger charge is 2.36. The lowest BCUT2D eigenvalue weighted by Crippen LogP contribution is -2.24. The normalized spacial score (nSPS) is 11.5. The molecule has 4 heteroatoms. The van der Waals surface area contributed by atoms with Gasteiger partial charge >= 0.3 is 0 Å². The van der Waals surface area contributed by atoms with Gasteiger partial charge in [-0.1, -0.05) is 52.7 Å². The van der Waals surface area contributed by atoms with Crippen LogP contribution in [0.15, 0.2) is 45.6 Å². The molecule has 0 N–H and O–H groups in total. The summed E-state index contributed by atoms with van der Waals surface area (Å²) < 4.78 is 0. The van der Waals surface area contributed by atoms with Crippen molar-refractivity contribution < 1.29 is 0 Å². The highest BCUT2D eigenvalue weighted by atomic mass is 14.4. The third-order valence-corrected chi connectivity index (χ3v) is 5.77. The first-order valence-electron chi connectivity index (χ1n) is 10.4. The Morgan fingerprint density at radius 2 is 0.897 bits per heavy atom. The molecule has 0 spiro atoms. The summed E-state index contributed by atoms with van der Waals surface area (Å²) in [6, 6.07) is 8.97. The minimum Gasteiger partial charge on any atom is -0.193 e. The maximum Gasteiger partial charge on any atom is 0.0991 e. The minimum atomic E-state index is -0.827. The van der Waals surface area contributed by atoms with Gasteiger partial charge in [-0.3, -0.25) is 0 Å². The predicted molar refractivity (Wildman–Crippen MR) is 117 cm³/mol. The Morgan fingerprint density at radius 3 is 1.07 bits per heavy atom. The first kappa shape index (κ1) is 25.9. The fourth-order valence-corrected chi connectivity index (χ4v) is 3.69. The number of allylic oxidation sites excluding steroid dienone is 8. The molecule has 0 aliphatic rings. The van der Waals surface area contributed by atoms with Crippen LogP contribution in [0.3, 0.4) is 0 Å². The van der Waals surface area contributed by atoms with Gasteiger partial charge in [0.25, 0.3) is 0 Å². The van der Waals surface area contributed by atoms with Crippen molar-refractivity contribution in [2.45, 2.75) is 80.1 Å². The van der Waals surface area contributed by atoms with E-state index in [-0.39, 0.29) is 0 Å². The Balaban J connectivity index is 7.03. The number of rotatable bonds is 10. The second kappa shape index (κ2) is 13.2. The van der Waals surface area contributed by atoms with Crippen LogP contribution in [-0.2, 0) is 0 Å². The van der Waals surface area contributed by atoms with Gasteiger partial charge in [0, 0.05) is 16.6 Å². The zero-order chi connectivity index (χ0) is 22.4. The molecule has 0 aromatic heterocycles. The maximum absolute atomic E-state index is 9.97. The smallest absolute Gasteiger partial charge is 0.0991 e. The van der Waals surface area contributed by atoms with Crippen LogP contribution in [0, 0.1) is 50.7 Å². The number of nitrogens with zero attached hydrogens (tertiary/aromatic N) is 4. The van der Waals surface area contributed by atoms with E-state index in [1.54, 1.807) is 12.2 Å². The van der Waals surface area contributed by atoms with Gasteiger partial charge in [-0.2, -0.15) is 21.0 Å². The Bertz CT molecular complexity index is 782. The van der Waals surface area contributed by atoms with Gasteiger partial charge in [0.05, 0.1) is 35.4 Å². The lowest BCUT2D eigenvalue weighted by atomic mass is 9.69. The van der Waals surface area contributed by atoms with E-state index >= 15 is 0 Å². The van der Waals surface area contributed by atoms with Crippen molar-refractivity contribution in [2.24, 2.45) is 5.41 Å². The van der Waals surface area contributed by atoms with E-state index < -0.39 is 5.41 Å². The molecule has 4 nitrogen and oxygen atoms in total. The van der Waals surface area contributed by atoms with Gasteiger partial charge in [0.15, 0.2) is 0 Å². The van der Waals surface area contributed by atoms with Gasteiger partial charge in [0.1, 0.15) is 0 Å². The third kappa shape index (κ3) is 5.95. The van der Waals surface area contributed by atoms with Crippen molar-refractivity contribution in [2.75, 3.05) is 0 Å². The minimum absolute atomic E-state index is 0.401. The Hall–Kier alpha value is -3.08. The van der Waals surface area contributed by atoms with Crippen LogP contribution >= 0.6 is 0 Å². The fourth-order valence-electron chi connectivity index (χ4n) is 3.69. The molecule has 0 atom stereocenters. The molecule has 29 heavy (non-hydrogen) atoms. The first-order chi connectivity index (χ1) is 13.9. The molecule has 152 valence electrons. The van der Waals surface area contributed by atoms with E-state index in [1.165, 1.54) is 0 Å². The summed E-state index contributed by atoms with van der Waals surface area (Å²) in [4.78, 5) is 0. The molecule has 0 fully saturated rings. The lowest BCUT2D eigenvalue weighted by Gasteiger charge is -2.31. The number of hydrogen-bond donors (Lipinski definition) is 0. The molecule has 0 aromatic carbocycles. The monoisotopic (exact) mass is 388 g/mol. The number of hydrogen-bond acceptors (Lipinski definition) is 4. The molecule has 0 saturated carbocycles. The van der Waals surface area contributed by atoms with E-state index in [0.717, 1.165) is 36.8 Å². The second-order valence-corrected chi connectivity index (χ2v) is 6.80. The van der Waals surface area contributed by atoms with Gasteiger partial charge < -0.3 is 0 Å². The lowest BCUT2D eigenvalue weighted by molar-refractivity contribution is 0.419. The summed E-state index contributed by atoms with van der Waals surface area (Å²) >= 11 is 0. The first-order valence-corrected chi connectivity index (χ1v) is 10.4. The van der Waals surface area contributed by atoms with Gasteiger partial charge in [-0.15, -0.1) is 0 Å². The molecule has 0 bridgehead atoms. The third-order valence-electron chi connectivity index (χ3n) is 5.77. The summed E-state index contributed by atoms with van der Waals surface area (Å²) in [6.07, 6.45) is 7.29. The number of nitriles is 4. The Morgan fingerprint density at radius 1 is 0.586 bits per heavy atom. The fraction of sp³-hybridized carbons (Fsp3) is 0.520. The van der Waals surface area contributed by atoms with Crippen molar-refractivity contribution in [3.8, 4) is 24.3 Å². The van der Waals surface area contributed by atoms with E-state index in [0.29, 0.717) is 35.1 Å². The highest BCUT2D eigenvalue weighted by Crippen LogP contribution is 2.43. The van der Waals surface area contributed by atoms with Crippen molar-refractivity contribution in [1.29, 1.82) is 21.0 Å². The summed E-state index contributed by atoms with van der Waals surface area (Å²) in [5, 5.41) is 39.2. The topological polar surface area (TPSA) is 95.2 Å². The quantitative estimate of drug-likeness (QED) is 0.298. The van der Waals surface area contributed by atoms with Crippen LogP contribution in [0.25, 0.3) is 0 Å². The molecule has 0 aliphatic heterocycles. The largest absolute Gasteiger partial charge is 0.193 e. The van der Waals surface area contributed by atoms with E-state index in [4.69, 9.17) is 0 Å². The Kier molecular flexibility index (Phi) is 11.8. The van der Waals surface area contributed by atoms with Crippen LogP contribution in [0.1, 0.15) is 80.1 Å². The molecule has 0 heterocycles. The van der Waals surface area contributed by atoms with Crippen molar-refractivity contribution >= 4 is 0 Å². The zero-order valence-corrected chi connectivity index (χ0v) is 18.7. The molecule has 0 aliphatic carbocycles.